The number of rotatable bonds is 3. The number of aromatic nitrogens is 1. The van der Waals surface area contributed by atoms with Crippen molar-refractivity contribution in [3.63, 3.8) is 0 Å². The van der Waals surface area contributed by atoms with Crippen molar-refractivity contribution in [2.24, 2.45) is 0 Å². The second-order valence-electron chi connectivity index (χ2n) is 7.38. The first-order chi connectivity index (χ1) is 13.8. The predicted molar refractivity (Wildman–Crippen MR) is 112 cm³/mol. The van der Waals surface area contributed by atoms with Crippen molar-refractivity contribution in [2.45, 2.75) is 18.9 Å². The Balaban J connectivity index is 1.58. The SMILES string of the molecule is O=C(Cc1ccccc1)N1CCc2c([nH]c3ccccc23)C1c1ccccc1. The molecule has 3 aromatic carbocycles. The summed E-state index contributed by atoms with van der Waals surface area (Å²) in [5.41, 5.74) is 5.84. The lowest BCUT2D eigenvalue weighted by Gasteiger charge is -2.36. The Morgan fingerprint density at radius 1 is 0.893 bits per heavy atom. The summed E-state index contributed by atoms with van der Waals surface area (Å²) < 4.78 is 0. The van der Waals surface area contributed by atoms with E-state index in [1.807, 2.05) is 53.4 Å². The molecule has 0 radical (unpaired) electrons. The van der Waals surface area contributed by atoms with Gasteiger partial charge in [0.2, 0.25) is 5.91 Å². The van der Waals surface area contributed by atoms with Crippen LogP contribution in [0.2, 0.25) is 0 Å². The van der Waals surface area contributed by atoms with E-state index in [1.54, 1.807) is 0 Å². The molecule has 4 aromatic rings. The van der Waals surface area contributed by atoms with Crippen LogP contribution in [0.5, 0.6) is 0 Å². The molecule has 0 spiro atoms. The fourth-order valence-corrected chi connectivity index (χ4v) is 4.36. The topological polar surface area (TPSA) is 36.1 Å². The van der Waals surface area contributed by atoms with Gasteiger partial charge in [-0.05, 0) is 29.2 Å². The summed E-state index contributed by atoms with van der Waals surface area (Å²) in [5, 5.41) is 1.27. The standard InChI is InChI=1S/C25H22N2O/c28-23(17-18-9-3-1-4-10-18)27-16-15-21-20-13-7-8-14-22(20)26-24(21)25(27)19-11-5-2-6-12-19/h1-14,25-26H,15-17H2. The molecule has 3 nitrogen and oxygen atoms in total. The van der Waals surface area contributed by atoms with Gasteiger partial charge in [0.05, 0.1) is 12.5 Å². The number of benzene rings is 3. The van der Waals surface area contributed by atoms with Gasteiger partial charge in [-0.3, -0.25) is 4.79 Å². The highest BCUT2D eigenvalue weighted by atomic mass is 16.2. The van der Waals surface area contributed by atoms with Crippen LogP contribution in [0.3, 0.4) is 0 Å². The number of carbonyl (C=O) groups is 1. The van der Waals surface area contributed by atoms with E-state index in [4.69, 9.17) is 0 Å². The summed E-state index contributed by atoms with van der Waals surface area (Å²) >= 11 is 0. The molecule has 0 saturated carbocycles. The molecule has 28 heavy (non-hydrogen) atoms. The number of fused-ring (bicyclic) bond motifs is 3. The minimum Gasteiger partial charge on any atom is -0.356 e. The molecule has 5 rings (SSSR count). The van der Waals surface area contributed by atoms with Crippen molar-refractivity contribution < 1.29 is 4.79 Å². The van der Waals surface area contributed by atoms with Gasteiger partial charge in [0.15, 0.2) is 0 Å². The van der Waals surface area contributed by atoms with Gasteiger partial charge in [-0.2, -0.15) is 0 Å². The average Bonchev–Trinajstić information content (AvgIpc) is 3.13. The van der Waals surface area contributed by atoms with E-state index >= 15 is 0 Å². The minimum atomic E-state index is -0.0754. The van der Waals surface area contributed by atoms with E-state index in [9.17, 15) is 4.79 Å². The zero-order chi connectivity index (χ0) is 18.9. The maximum atomic E-state index is 13.3. The molecule has 2 heterocycles. The van der Waals surface area contributed by atoms with E-state index in [-0.39, 0.29) is 11.9 Å². The molecular weight excluding hydrogens is 344 g/mol. The minimum absolute atomic E-state index is 0.0754. The molecule has 1 aliphatic rings. The second kappa shape index (κ2) is 7.01. The average molecular weight is 366 g/mol. The third-order valence-corrected chi connectivity index (χ3v) is 5.67. The van der Waals surface area contributed by atoms with Crippen LogP contribution in [-0.2, 0) is 17.6 Å². The monoisotopic (exact) mass is 366 g/mol. The Hall–Kier alpha value is -3.33. The fraction of sp³-hybridized carbons (Fsp3) is 0.160. The van der Waals surface area contributed by atoms with Gasteiger partial charge in [-0.15, -0.1) is 0 Å². The first kappa shape index (κ1) is 16.8. The smallest absolute Gasteiger partial charge is 0.227 e. The Kier molecular flexibility index (Phi) is 4.21. The summed E-state index contributed by atoms with van der Waals surface area (Å²) in [6.07, 6.45) is 1.31. The summed E-state index contributed by atoms with van der Waals surface area (Å²) in [7, 11) is 0. The fourth-order valence-electron chi connectivity index (χ4n) is 4.36. The maximum absolute atomic E-state index is 13.3. The zero-order valence-corrected chi connectivity index (χ0v) is 15.6. The number of para-hydroxylation sites is 1. The third-order valence-electron chi connectivity index (χ3n) is 5.67. The van der Waals surface area contributed by atoms with Gasteiger partial charge in [0, 0.05) is 23.1 Å². The molecule has 1 atom stereocenters. The summed E-state index contributed by atoms with van der Waals surface area (Å²) in [6.45, 7) is 0.736. The Labute approximate surface area is 164 Å². The highest BCUT2D eigenvalue weighted by Crippen LogP contribution is 2.38. The third kappa shape index (κ3) is 2.89. The van der Waals surface area contributed by atoms with E-state index in [1.165, 1.54) is 10.9 Å². The van der Waals surface area contributed by atoms with Gasteiger partial charge < -0.3 is 9.88 Å². The molecule has 0 fully saturated rings. The highest BCUT2D eigenvalue weighted by molar-refractivity contribution is 5.87. The van der Waals surface area contributed by atoms with Crippen molar-refractivity contribution in [1.82, 2.24) is 9.88 Å². The lowest BCUT2D eigenvalue weighted by atomic mass is 9.92. The summed E-state index contributed by atoms with van der Waals surface area (Å²) in [5.74, 6) is 0.171. The van der Waals surface area contributed by atoms with Crippen LogP contribution in [0.1, 0.15) is 28.4 Å². The van der Waals surface area contributed by atoms with Gasteiger partial charge >= 0.3 is 0 Å². The van der Waals surface area contributed by atoms with Crippen molar-refractivity contribution in [2.75, 3.05) is 6.54 Å². The summed E-state index contributed by atoms with van der Waals surface area (Å²) in [4.78, 5) is 18.9. The van der Waals surface area contributed by atoms with Crippen molar-refractivity contribution in [3.05, 3.63) is 107 Å². The van der Waals surface area contributed by atoms with Crippen LogP contribution in [-0.4, -0.2) is 22.3 Å². The Morgan fingerprint density at radius 3 is 2.36 bits per heavy atom. The van der Waals surface area contributed by atoms with Crippen LogP contribution in [0.15, 0.2) is 84.9 Å². The molecule has 1 amide bonds. The van der Waals surface area contributed by atoms with Gasteiger partial charge in [-0.25, -0.2) is 0 Å². The van der Waals surface area contributed by atoms with Crippen LogP contribution in [0.4, 0.5) is 0 Å². The van der Waals surface area contributed by atoms with E-state index in [2.05, 4.69) is 41.4 Å². The van der Waals surface area contributed by atoms with Crippen LogP contribution >= 0.6 is 0 Å². The molecule has 3 heteroatoms. The largest absolute Gasteiger partial charge is 0.356 e. The summed E-state index contributed by atoms with van der Waals surface area (Å²) in [6, 6.07) is 28.7. The Morgan fingerprint density at radius 2 is 1.57 bits per heavy atom. The van der Waals surface area contributed by atoms with E-state index < -0.39 is 0 Å². The number of hydrogen-bond donors (Lipinski definition) is 1. The Bertz CT molecular complexity index is 1120. The number of nitrogens with zero attached hydrogens (tertiary/aromatic N) is 1. The number of nitrogens with one attached hydrogen (secondary N) is 1. The number of aromatic amines is 1. The van der Waals surface area contributed by atoms with Crippen molar-refractivity contribution in [3.8, 4) is 0 Å². The lowest BCUT2D eigenvalue weighted by molar-refractivity contribution is -0.132. The van der Waals surface area contributed by atoms with Crippen molar-refractivity contribution >= 4 is 16.8 Å². The van der Waals surface area contributed by atoms with Crippen LogP contribution < -0.4 is 0 Å². The second-order valence-corrected chi connectivity index (χ2v) is 7.38. The van der Waals surface area contributed by atoms with E-state index in [0.29, 0.717) is 6.42 Å². The zero-order valence-electron chi connectivity index (χ0n) is 15.6. The molecule has 0 bridgehead atoms. The number of amides is 1. The van der Waals surface area contributed by atoms with Crippen LogP contribution in [0, 0.1) is 0 Å². The highest BCUT2D eigenvalue weighted by Gasteiger charge is 2.34. The number of hydrogen-bond acceptors (Lipinski definition) is 1. The van der Waals surface area contributed by atoms with Gasteiger partial charge in [0.25, 0.3) is 0 Å². The van der Waals surface area contributed by atoms with Crippen molar-refractivity contribution in [1.29, 1.82) is 0 Å². The molecule has 1 aromatic heterocycles. The normalized spacial score (nSPS) is 16.1. The van der Waals surface area contributed by atoms with Gasteiger partial charge in [0.1, 0.15) is 0 Å². The first-order valence-electron chi connectivity index (χ1n) is 9.79. The molecular formula is C25H22N2O. The quantitative estimate of drug-likeness (QED) is 0.551. The number of carbonyl (C=O) groups excluding carboxylic acids is 1. The molecule has 1 aliphatic heterocycles. The lowest BCUT2D eigenvalue weighted by Crippen LogP contribution is -2.41. The predicted octanol–water partition coefficient (Wildman–Crippen LogP) is 4.88. The molecule has 138 valence electrons. The molecule has 0 aliphatic carbocycles. The molecule has 1 N–H and O–H groups in total. The molecule has 0 saturated heterocycles. The maximum Gasteiger partial charge on any atom is 0.227 e. The van der Waals surface area contributed by atoms with Gasteiger partial charge in [-0.1, -0.05) is 78.9 Å². The van der Waals surface area contributed by atoms with E-state index in [0.717, 1.165) is 35.3 Å². The number of H-pyrrole nitrogens is 1. The molecule has 1 unspecified atom stereocenters. The first-order valence-corrected chi connectivity index (χ1v) is 9.79. The van der Waals surface area contributed by atoms with Crippen LogP contribution in [0.25, 0.3) is 10.9 Å².